The van der Waals surface area contributed by atoms with Crippen LogP contribution in [0.5, 0.6) is 0 Å². The maximum Gasteiger partial charge on any atom is 0.0702 e. The number of benzene rings is 2. The Morgan fingerprint density at radius 3 is 2.63 bits per heavy atom. The lowest BCUT2D eigenvalue weighted by atomic mass is 10.0. The zero-order chi connectivity index (χ0) is 13.2. The zero-order valence-corrected chi connectivity index (χ0v) is 11.1. The number of halogens is 1. The van der Waals surface area contributed by atoms with Crippen LogP contribution in [0.3, 0.4) is 0 Å². The minimum atomic E-state index is 0.453. The zero-order valence-electron chi connectivity index (χ0n) is 10.3. The summed E-state index contributed by atoms with van der Waals surface area (Å²) in [6, 6.07) is 16.1. The van der Waals surface area contributed by atoms with E-state index in [9.17, 15) is 0 Å². The first kappa shape index (κ1) is 12.2. The Morgan fingerprint density at radius 2 is 1.84 bits per heavy atom. The number of pyridine rings is 1. The number of nitrogens with two attached hydrogens (primary N) is 1. The molecule has 0 aliphatic rings. The van der Waals surface area contributed by atoms with E-state index in [1.54, 1.807) is 0 Å². The van der Waals surface area contributed by atoms with Gasteiger partial charge in [0.2, 0.25) is 0 Å². The molecule has 0 fully saturated rings. The first-order valence-electron chi connectivity index (χ1n) is 6.11. The molecule has 0 saturated carbocycles. The molecule has 1 aromatic heterocycles. The lowest BCUT2D eigenvalue weighted by molar-refractivity contribution is 1.07. The van der Waals surface area contributed by atoms with Crippen LogP contribution in [0.4, 0.5) is 0 Å². The topological polar surface area (TPSA) is 38.9 Å². The summed E-state index contributed by atoms with van der Waals surface area (Å²) in [5, 5.41) is 1.83. The van der Waals surface area contributed by atoms with E-state index in [1.165, 1.54) is 0 Å². The van der Waals surface area contributed by atoms with Gasteiger partial charge in [0, 0.05) is 28.7 Å². The Morgan fingerprint density at radius 1 is 1.00 bits per heavy atom. The summed E-state index contributed by atoms with van der Waals surface area (Å²) in [7, 11) is 0. The second-order valence-corrected chi connectivity index (χ2v) is 4.83. The third-order valence-electron chi connectivity index (χ3n) is 3.20. The van der Waals surface area contributed by atoms with Gasteiger partial charge < -0.3 is 5.73 Å². The molecule has 3 rings (SSSR count). The third kappa shape index (κ3) is 2.33. The van der Waals surface area contributed by atoms with Crippen molar-refractivity contribution in [3.05, 3.63) is 65.3 Å². The van der Waals surface area contributed by atoms with Crippen molar-refractivity contribution in [2.45, 2.75) is 6.54 Å². The number of para-hydroxylation sites is 1. The number of fused-ring (bicyclic) bond motifs is 1. The fourth-order valence-corrected chi connectivity index (χ4v) is 2.38. The van der Waals surface area contributed by atoms with E-state index in [-0.39, 0.29) is 0 Å². The Bertz CT molecular complexity index is 738. The summed E-state index contributed by atoms with van der Waals surface area (Å²) in [4.78, 5) is 4.46. The number of hydrogen-bond acceptors (Lipinski definition) is 2. The number of hydrogen-bond donors (Lipinski definition) is 1. The number of rotatable bonds is 2. The van der Waals surface area contributed by atoms with Crippen molar-refractivity contribution < 1.29 is 0 Å². The van der Waals surface area contributed by atoms with Crippen LogP contribution in [-0.2, 0) is 6.54 Å². The molecule has 0 aliphatic carbocycles. The van der Waals surface area contributed by atoms with Crippen LogP contribution >= 0.6 is 11.6 Å². The fraction of sp³-hybridized carbons (Fsp3) is 0.0625. The van der Waals surface area contributed by atoms with Gasteiger partial charge in [-0.25, -0.2) is 0 Å². The van der Waals surface area contributed by atoms with E-state index in [0.29, 0.717) is 11.6 Å². The predicted octanol–water partition coefficient (Wildman–Crippen LogP) is 4.01. The maximum absolute atomic E-state index is 6.20. The molecule has 0 radical (unpaired) electrons. The summed E-state index contributed by atoms with van der Waals surface area (Å²) in [5.41, 5.74) is 9.69. The monoisotopic (exact) mass is 268 g/mol. The smallest absolute Gasteiger partial charge is 0.0702 e. The average molecular weight is 269 g/mol. The van der Waals surface area contributed by atoms with Gasteiger partial charge in [-0.05, 0) is 29.3 Å². The van der Waals surface area contributed by atoms with Crippen LogP contribution in [0.2, 0.25) is 5.02 Å². The lowest BCUT2D eigenvalue weighted by Gasteiger charge is -2.06. The highest BCUT2D eigenvalue weighted by Crippen LogP contribution is 2.27. The molecular weight excluding hydrogens is 256 g/mol. The summed E-state index contributed by atoms with van der Waals surface area (Å²) >= 11 is 6.20. The largest absolute Gasteiger partial charge is 0.326 e. The van der Waals surface area contributed by atoms with Gasteiger partial charge in [0.15, 0.2) is 0 Å². The molecule has 2 nitrogen and oxygen atoms in total. The van der Waals surface area contributed by atoms with Gasteiger partial charge in [-0.1, -0.05) is 41.9 Å². The maximum atomic E-state index is 6.20. The minimum Gasteiger partial charge on any atom is -0.326 e. The van der Waals surface area contributed by atoms with Crippen LogP contribution in [0.15, 0.2) is 54.7 Å². The SMILES string of the molecule is NCc1ccc(-c2cnc3ccccc3c2)cc1Cl. The standard InChI is InChI=1S/C16H13ClN2/c17-15-8-11(5-6-13(15)9-18)14-7-12-3-1-2-4-16(12)19-10-14/h1-8,10H,9,18H2. The molecule has 2 aromatic carbocycles. The summed E-state index contributed by atoms with van der Waals surface area (Å²) in [6.07, 6.45) is 1.87. The normalized spacial score (nSPS) is 10.8. The van der Waals surface area contributed by atoms with Gasteiger partial charge in [-0.15, -0.1) is 0 Å². The molecule has 0 spiro atoms. The molecule has 0 atom stereocenters. The molecule has 0 saturated heterocycles. The molecule has 2 N–H and O–H groups in total. The molecule has 0 unspecified atom stereocenters. The van der Waals surface area contributed by atoms with Gasteiger partial charge in [0.05, 0.1) is 5.52 Å². The Labute approximate surface area is 116 Å². The van der Waals surface area contributed by atoms with Gasteiger partial charge >= 0.3 is 0 Å². The molecule has 0 bridgehead atoms. The highest BCUT2D eigenvalue weighted by molar-refractivity contribution is 6.31. The number of nitrogens with zero attached hydrogens (tertiary/aromatic N) is 1. The van der Waals surface area contributed by atoms with E-state index in [1.807, 2.05) is 42.6 Å². The van der Waals surface area contributed by atoms with Crippen LogP contribution in [0.1, 0.15) is 5.56 Å². The van der Waals surface area contributed by atoms with Gasteiger partial charge in [-0.3, -0.25) is 4.98 Å². The van der Waals surface area contributed by atoms with E-state index in [2.05, 4.69) is 17.1 Å². The van der Waals surface area contributed by atoms with Crippen molar-refractivity contribution in [3.63, 3.8) is 0 Å². The second-order valence-electron chi connectivity index (χ2n) is 4.43. The molecule has 3 heteroatoms. The summed E-state index contributed by atoms with van der Waals surface area (Å²) < 4.78 is 0. The van der Waals surface area contributed by atoms with Crippen LogP contribution in [-0.4, -0.2) is 4.98 Å². The Kier molecular flexibility index (Phi) is 3.20. The number of aromatic nitrogens is 1. The molecule has 94 valence electrons. The highest BCUT2D eigenvalue weighted by Gasteiger charge is 2.04. The third-order valence-corrected chi connectivity index (χ3v) is 3.55. The summed E-state index contributed by atoms with van der Waals surface area (Å²) in [5.74, 6) is 0. The molecular formula is C16H13ClN2. The highest BCUT2D eigenvalue weighted by atomic mass is 35.5. The minimum absolute atomic E-state index is 0.453. The quantitative estimate of drug-likeness (QED) is 0.763. The van der Waals surface area contributed by atoms with Crippen molar-refractivity contribution >= 4 is 22.5 Å². The Balaban J connectivity index is 2.11. The second kappa shape index (κ2) is 5.00. The first-order valence-corrected chi connectivity index (χ1v) is 6.49. The van der Waals surface area contributed by atoms with Crippen LogP contribution in [0.25, 0.3) is 22.0 Å². The van der Waals surface area contributed by atoms with E-state index in [4.69, 9.17) is 17.3 Å². The molecule has 1 heterocycles. The first-order chi connectivity index (χ1) is 9.28. The van der Waals surface area contributed by atoms with Gasteiger partial charge in [-0.2, -0.15) is 0 Å². The van der Waals surface area contributed by atoms with Crippen molar-refractivity contribution in [2.24, 2.45) is 5.73 Å². The lowest BCUT2D eigenvalue weighted by Crippen LogP contribution is -1.97. The molecule has 3 aromatic rings. The Hall–Kier alpha value is -1.90. The molecule has 19 heavy (non-hydrogen) atoms. The predicted molar refractivity (Wildman–Crippen MR) is 80.1 cm³/mol. The van der Waals surface area contributed by atoms with Crippen LogP contribution < -0.4 is 5.73 Å². The van der Waals surface area contributed by atoms with Gasteiger partial charge in [0.1, 0.15) is 0 Å². The van der Waals surface area contributed by atoms with Crippen molar-refractivity contribution in [1.29, 1.82) is 0 Å². The van der Waals surface area contributed by atoms with Gasteiger partial charge in [0.25, 0.3) is 0 Å². The van der Waals surface area contributed by atoms with E-state index in [0.717, 1.165) is 27.6 Å². The van der Waals surface area contributed by atoms with Crippen molar-refractivity contribution in [2.75, 3.05) is 0 Å². The van der Waals surface area contributed by atoms with Crippen molar-refractivity contribution in [1.82, 2.24) is 4.98 Å². The van der Waals surface area contributed by atoms with Crippen molar-refractivity contribution in [3.8, 4) is 11.1 Å². The molecule has 0 amide bonds. The van der Waals surface area contributed by atoms with Crippen LogP contribution in [0, 0.1) is 0 Å². The fourth-order valence-electron chi connectivity index (χ4n) is 2.12. The van der Waals surface area contributed by atoms with E-state index < -0.39 is 0 Å². The molecule has 0 aliphatic heterocycles. The summed E-state index contributed by atoms with van der Waals surface area (Å²) in [6.45, 7) is 0.453. The average Bonchev–Trinajstić information content (AvgIpc) is 2.46. The van der Waals surface area contributed by atoms with E-state index >= 15 is 0 Å².